The van der Waals surface area contributed by atoms with Gasteiger partial charge in [-0.1, -0.05) is 6.07 Å². The van der Waals surface area contributed by atoms with Crippen LogP contribution in [0, 0.1) is 13.8 Å². The largest absolute Gasteiger partial charge is 0.354 e. The molecule has 2 atom stereocenters. The van der Waals surface area contributed by atoms with Gasteiger partial charge in [-0.15, -0.1) is 24.0 Å². The third-order valence-electron chi connectivity index (χ3n) is 4.78. The molecule has 2 N–H and O–H groups in total. The molecule has 0 saturated heterocycles. The molecule has 0 spiro atoms. The zero-order chi connectivity index (χ0) is 18.5. The number of rotatable bonds is 5. The summed E-state index contributed by atoms with van der Waals surface area (Å²) >= 11 is 1.97. The third-order valence-corrected chi connectivity index (χ3v) is 5.87. The molecule has 2 aromatic heterocycles. The van der Waals surface area contributed by atoms with Crippen LogP contribution in [0.1, 0.15) is 36.2 Å². The van der Waals surface area contributed by atoms with Gasteiger partial charge in [-0.05, 0) is 57.1 Å². The lowest BCUT2D eigenvalue weighted by atomic mass is 10.2. The van der Waals surface area contributed by atoms with Gasteiger partial charge >= 0.3 is 0 Å². The van der Waals surface area contributed by atoms with Crippen molar-refractivity contribution >= 4 is 41.7 Å². The van der Waals surface area contributed by atoms with Crippen LogP contribution in [0.2, 0.25) is 0 Å². The van der Waals surface area contributed by atoms with Crippen LogP contribution in [0.5, 0.6) is 0 Å². The summed E-state index contributed by atoms with van der Waals surface area (Å²) in [5.74, 6) is 1.70. The summed E-state index contributed by atoms with van der Waals surface area (Å²) in [7, 11) is 1.82. The van der Waals surface area contributed by atoms with E-state index in [9.17, 15) is 0 Å². The monoisotopic (exact) mass is 500 g/mol. The van der Waals surface area contributed by atoms with Gasteiger partial charge < -0.3 is 10.6 Å². The number of guanidine groups is 1. The number of nitrogens with zero attached hydrogens (tertiary/aromatic N) is 4. The molecule has 1 saturated carbocycles. The second-order valence-electron chi connectivity index (χ2n) is 6.80. The number of nitrogens with one attached hydrogen (secondary N) is 2. The Labute approximate surface area is 183 Å². The molecule has 8 heteroatoms. The summed E-state index contributed by atoms with van der Waals surface area (Å²) in [6.07, 6.45) is 7.80. The Bertz CT molecular complexity index is 758. The Morgan fingerprint density at radius 3 is 2.70 bits per heavy atom. The first kappa shape index (κ1) is 22.0. The van der Waals surface area contributed by atoms with E-state index in [0.29, 0.717) is 12.6 Å². The highest BCUT2D eigenvalue weighted by atomic mass is 127. The number of pyridine rings is 1. The summed E-state index contributed by atoms with van der Waals surface area (Å²) in [4.78, 5) is 8.90. The molecule has 2 aromatic rings. The molecular formula is C19H29IN6S. The minimum Gasteiger partial charge on any atom is -0.354 e. The van der Waals surface area contributed by atoms with E-state index in [0.717, 1.165) is 34.0 Å². The number of hydrogen-bond donors (Lipinski definition) is 2. The molecule has 27 heavy (non-hydrogen) atoms. The van der Waals surface area contributed by atoms with Gasteiger partial charge in [0.25, 0.3) is 0 Å². The second-order valence-corrected chi connectivity index (χ2v) is 7.94. The predicted octanol–water partition coefficient (Wildman–Crippen LogP) is 3.45. The van der Waals surface area contributed by atoms with Gasteiger partial charge in [0.2, 0.25) is 0 Å². The van der Waals surface area contributed by atoms with E-state index in [1.165, 1.54) is 19.3 Å². The van der Waals surface area contributed by atoms with Crippen molar-refractivity contribution < 1.29 is 0 Å². The van der Waals surface area contributed by atoms with Gasteiger partial charge in [0.15, 0.2) is 11.8 Å². The van der Waals surface area contributed by atoms with Crippen molar-refractivity contribution in [2.75, 3.05) is 13.3 Å². The normalized spacial score (nSPS) is 19.6. The van der Waals surface area contributed by atoms with E-state index in [2.05, 4.69) is 44.1 Å². The summed E-state index contributed by atoms with van der Waals surface area (Å²) in [5.41, 5.74) is 3.21. The first-order chi connectivity index (χ1) is 12.6. The Morgan fingerprint density at radius 1 is 1.33 bits per heavy atom. The molecule has 148 valence electrons. The molecular weight excluding hydrogens is 471 g/mol. The Morgan fingerprint density at radius 2 is 2.15 bits per heavy atom. The lowest BCUT2D eigenvalue weighted by Gasteiger charge is -2.17. The fourth-order valence-electron chi connectivity index (χ4n) is 3.37. The number of aliphatic imine (C=N–C) groups is 1. The molecule has 2 heterocycles. The zero-order valence-corrected chi connectivity index (χ0v) is 19.5. The van der Waals surface area contributed by atoms with E-state index >= 15 is 0 Å². The molecule has 0 amide bonds. The van der Waals surface area contributed by atoms with E-state index < -0.39 is 0 Å². The van der Waals surface area contributed by atoms with E-state index in [1.54, 1.807) is 0 Å². The molecule has 1 aliphatic carbocycles. The Kier molecular flexibility index (Phi) is 8.40. The van der Waals surface area contributed by atoms with Crippen LogP contribution in [-0.2, 0) is 6.54 Å². The molecule has 6 nitrogen and oxygen atoms in total. The standard InChI is InChI=1S/C19H28N6S.HI/c1-13-9-14(2)25(24-13)18-8-5-15(11-21-18)12-22-19(20-3)23-16-6-7-17(10-16)26-4;/h5,8-9,11,16-17H,6-7,10,12H2,1-4H3,(H2,20,22,23);1H. The molecule has 0 aromatic carbocycles. The molecule has 1 fully saturated rings. The Hall–Kier alpha value is -1.29. The van der Waals surface area contributed by atoms with Crippen LogP contribution in [0.3, 0.4) is 0 Å². The van der Waals surface area contributed by atoms with Crippen molar-refractivity contribution in [3.05, 3.63) is 41.3 Å². The maximum absolute atomic E-state index is 4.55. The fourth-order valence-corrected chi connectivity index (χ4v) is 4.16. The number of halogens is 1. The molecule has 1 aliphatic rings. The highest BCUT2D eigenvalue weighted by molar-refractivity contribution is 14.0. The summed E-state index contributed by atoms with van der Waals surface area (Å²) in [6.45, 7) is 4.73. The minimum absolute atomic E-state index is 0. The van der Waals surface area contributed by atoms with E-state index in [-0.39, 0.29) is 24.0 Å². The van der Waals surface area contributed by atoms with Crippen molar-refractivity contribution in [3.8, 4) is 5.82 Å². The van der Waals surface area contributed by atoms with Crippen molar-refractivity contribution in [2.24, 2.45) is 4.99 Å². The zero-order valence-electron chi connectivity index (χ0n) is 16.4. The molecule has 3 rings (SSSR count). The third kappa shape index (κ3) is 5.84. The lowest BCUT2D eigenvalue weighted by molar-refractivity contribution is 0.614. The van der Waals surface area contributed by atoms with Crippen LogP contribution in [-0.4, -0.2) is 45.3 Å². The average molecular weight is 500 g/mol. The molecule has 0 aliphatic heterocycles. The maximum atomic E-state index is 4.55. The minimum atomic E-state index is 0. The molecule has 2 unspecified atom stereocenters. The molecule has 0 bridgehead atoms. The summed E-state index contributed by atoms with van der Waals surface area (Å²) in [6, 6.07) is 6.66. The fraction of sp³-hybridized carbons (Fsp3) is 0.526. The summed E-state index contributed by atoms with van der Waals surface area (Å²) < 4.78 is 1.87. The van der Waals surface area contributed by atoms with Gasteiger partial charge in [-0.25, -0.2) is 9.67 Å². The number of aryl methyl sites for hydroxylation is 2. The van der Waals surface area contributed by atoms with Gasteiger partial charge in [0.1, 0.15) is 0 Å². The van der Waals surface area contributed by atoms with Crippen molar-refractivity contribution in [3.63, 3.8) is 0 Å². The van der Waals surface area contributed by atoms with Gasteiger partial charge in [0.05, 0.1) is 5.69 Å². The number of thioether (sulfide) groups is 1. The van der Waals surface area contributed by atoms with E-state index in [4.69, 9.17) is 0 Å². The van der Waals surface area contributed by atoms with Crippen LogP contribution in [0.15, 0.2) is 29.4 Å². The smallest absolute Gasteiger partial charge is 0.191 e. The average Bonchev–Trinajstić information content (AvgIpc) is 3.24. The van der Waals surface area contributed by atoms with Crippen molar-refractivity contribution in [2.45, 2.75) is 50.9 Å². The maximum Gasteiger partial charge on any atom is 0.191 e. The number of hydrogen-bond acceptors (Lipinski definition) is 4. The quantitative estimate of drug-likeness (QED) is 0.374. The first-order valence-electron chi connectivity index (χ1n) is 9.07. The SMILES string of the molecule is CN=C(NCc1ccc(-n2nc(C)cc2C)nc1)NC1CCC(SC)C1.I. The lowest BCUT2D eigenvalue weighted by Crippen LogP contribution is -2.42. The van der Waals surface area contributed by atoms with Gasteiger partial charge in [-0.2, -0.15) is 16.9 Å². The van der Waals surface area contributed by atoms with Gasteiger partial charge in [-0.3, -0.25) is 4.99 Å². The van der Waals surface area contributed by atoms with Crippen molar-refractivity contribution in [1.29, 1.82) is 0 Å². The van der Waals surface area contributed by atoms with Crippen molar-refractivity contribution in [1.82, 2.24) is 25.4 Å². The highest BCUT2D eigenvalue weighted by Crippen LogP contribution is 2.28. The summed E-state index contributed by atoms with van der Waals surface area (Å²) in [5, 5.41) is 12.2. The molecule has 0 radical (unpaired) electrons. The first-order valence-corrected chi connectivity index (χ1v) is 10.4. The van der Waals surface area contributed by atoms with Crippen LogP contribution in [0.25, 0.3) is 5.82 Å². The predicted molar refractivity (Wildman–Crippen MR) is 125 cm³/mol. The van der Waals surface area contributed by atoms with Gasteiger partial charge in [0, 0.05) is 36.8 Å². The second kappa shape index (κ2) is 10.3. The van der Waals surface area contributed by atoms with E-state index in [1.807, 2.05) is 49.6 Å². The van der Waals surface area contributed by atoms with Crippen LogP contribution >= 0.6 is 35.7 Å². The number of aromatic nitrogens is 3. The van der Waals surface area contributed by atoms with Crippen LogP contribution in [0.4, 0.5) is 0 Å². The van der Waals surface area contributed by atoms with Crippen LogP contribution < -0.4 is 10.6 Å². The highest BCUT2D eigenvalue weighted by Gasteiger charge is 2.24. The Balaban J connectivity index is 0.00000261. The topological polar surface area (TPSA) is 67.1 Å².